The second kappa shape index (κ2) is 10.3. The molecule has 5 aliphatic rings. The zero-order valence-corrected chi connectivity index (χ0v) is 26.8. The van der Waals surface area contributed by atoms with Crippen LogP contribution in [-0.2, 0) is 15.6 Å². The molecule has 3 atom stereocenters. The summed E-state index contributed by atoms with van der Waals surface area (Å²) in [7, 11) is 0. The van der Waals surface area contributed by atoms with Gasteiger partial charge in [-0.25, -0.2) is 0 Å². The third-order valence-electron chi connectivity index (χ3n) is 11.1. The minimum Gasteiger partial charge on any atom is -0.358 e. The van der Waals surface area contributed by atoms with E-state index in [0.29, 0.717) is 6.04 Å². The topological polar surface area (TPSA) is 20.3 Å². The predicted octanol–water partition coefficient (Wildman–Crippen LogP) is 9.92. The van der Waals surface area contributed by atoms with Gasteiger partial charge in [-0.15, -0.1) is 0 Å². The Bertz CT molecular complexity index is 1910. The minimum absolute atomic E-state index is 0.0170. The first-order chi connectivity index (χ1) is 21.8. The lowest BCUT2D eigenvalue weighted by molar-refractivity contribution is -0.109. The second-order valence-electron chi connectivity index (χ2n) is 14.4. The maximum atomic E-state index is 11.7. The smallest absolute Gasteiger partial charge is 0.127 e. The number of hydrogen-bond donors (Lipinski definition) is 0. The quantitative estimate of drug-likeness (QED) is 0.277. The Morgan fingerprint density at radius 2 is 1.49 bits per heavy atom. The van der Waals surface area contributed by atoms with E-state index in [1.54, 1.807) is 0 Å². The van der Waals surface area contributed by atoms with Gasteiger partial charge < -0.3 is 9.69 Å². The molecule has 224 valence electrons. The highest BCUT2D eigenvalue weighted by Crippen LogP contribution is 2.57. The van der Waals surface area contributed by atoms with Crippen LogP contribution in [0.2, 0.25) is 0 Å². The highest BCUT2D eigenvalue weighted by molar-refractivity contribution is 5.93. The van der Waals surface area contributed by atoms with E-state index in [-0.39, 0.29) is 22.8 Å². The summed E-state index contributed by atoms with van der Waals surface area (Å²) in [4.78, 5) is 14.3. The van der Waals surface area contributed by atoms with E-state index >= 15 is 0 Å². The number of anilines is 1. The molecule has 0 N–H and O–H groups in total. The maximum Gasteiger partial charge on any atom is 0.127 e. The Balaban J connectivity index is 1.18. The molecule has 2 nitrogen and oxygen atoms in total. The van der Waals surface area contributed by atoms with Crippen LogP contribution in [0.1, 0.15) is 74.8 Å². The molecule has 2 unspecified atom stereocenters. The van der Waals surface area contributed by atoms with Crippen molar-refractivity contribution in [3.05, 3.63) is 149 Å². The molecule has 0 amide bonds. The highest BCUT2D eigenvalue weighted by atomic mass is 16.1. The van der Waals surface area contributed by atoms with Gasteiger partial charge in [0.05, 0.1) is 12.1 Å². The molecule has 2 heteroatoms. The van der Waals surface area contributed by atoms with Crippen molar-refractivity contribution in [3.63, 3.8) is 0 Å². The lowest BCUT2D eigenvalue weighted by Gasteiger charge is -2.39. The zero-order valence-electron chi connectivity index (χ0n) is 26.8. The molecule has 0 aliphatic heterocycles. The van der Waals surface area contributed by atoms with E-state index in [0.717, 1.165) is 25.5 Å². The third kappa shape index (κ3) is 4.33. The van der Waals surface area contributed by atoms with Crippen molar-refractivity contribution in [2.75, 3.05) is 4.90 Å². The molecule has 0 fully saturated rings. The predicted molar refractivity (Wildman–Crippen MR) is 188 cm³/mol. The van der Waals surface area contributed by atoms with Crippen molar-refractivity contribution >= 4 is 23.1 Å². The third-order valence-corrected chi connectivity index (χ3v) is 11.1. The van der Waals surface area contributed by atoms with Crippen LogP contribution in [0, 0.1) is 5.92 Å². The number of hydrogen-bond acceptors (Lipinski definition) is 2. The Morgan fingerprint density at radius 3 is 2.22 bits per heavy atom. The average molecular weight is 588 g/mol. The number of benzene rings is 3. The molecule has 0 saturated carbocycles. The molecule has 5 aliphatic carbocycles. The van der Waals surface area contributed by atoms with Gasteiger partial charge in [0.1, 0.15) is 6.29 Å². The van der Waals surface area contributed by atoms with Crippen LogP contribution >= 0.6 is 0 Å². The monoisotopic (exact) mass is 587 g/mol. The summed E-state index contributed by atoms with van der Waals surface area (Å²) in [6.45, 7) is 9.47. The van der Waals surface area contributed by atoms with Gasteiger partial charge in [0, 0.05) is 22.4 Å². The largest absolute Gasteiger partial charge is 0.358 e. The van der Waals surface area contributed by atoms with Crippen molar-refractivity contribution in [1.82, 2.24) is 0 Å². The van der Waals surface area contributed by atoms with Crippen LogP contribution in [0.15, 0.2) is 121 Å². The molecular weight excluding hydrogens is 546 g/mol. The van der Waals surface area contributed by atoms with Crippen LogP contribution in [-0.4, -0.2) is 18.4 Å². The fourth-order valence-electron chi connectivity index (χ4n) is 8.57. The van der Waals surface area contributed by atoms with Crippen molar-refractivity contribution in [2.45, 2.75) is 69.9 Å². The average Bonchev–Trinajstić information content (AvgIpc) is 3.43. The van der Waals surface area contributed by atoms with Crippen molar-refractivity contribution in [2.24, 2.45) is 5.92 Å². The van der Waals surface area contributed by atoms with E-state index < -0.39 is 0 Å². The molecule has 3 aromatic carbocycles. The number of carbonyl (C=O) groups excluding carboxylic acids is 1. The number of nitrogens with zero attached hydrogens (tertiary/aromatic N) is 1. The number of allylic oxidation sites excluding steroid dienone is 8. The van der Waals surface area contributed by atoms with Gasteiger partial charge in [-0.3, -0.25) is 0 Å². The standard InChI is InChI=1S/C43H41NO/c1-42(2)38-23-28(27-45)15-21-34(38)36-25-41-37(26-40(36)42)35-22-20-33(24-39(35)43(41,3)4)44(31-13-9-6-10-14-31)32-18-16-30(17-19-32)29-11-7-5-8-12-29/h5-13,15-18,20-22,24-28,31-32H,14,19,23H2,1-4H3/t28?,31-,32?/m0/s1. The molecule has 0 aromatic heterocycles. The highest BCUT2D eigenvalue weighted by Gasteiger charge is 2.43. The lowest BCUT2D eigenvalue weighted by atomic mass is 9.76. The van der Waals surface area contributed by atoms with Gasteiger partial charge in [-0.05, 0) is 93.6 Å². The molecule has 0 bridgehead atoms. The van der Waals surface area contributed by atoms with Crippen LogP contribution in [0.5, 0.6) is 0 Å². The van der Waals surface area contributed by atoms with E-state index in [2.05, 4.69) is 148 Å². The normalized spacial score (nSPS) is 24.5. The van der Waals surface area contributed by atoms with Gasteiger partial charge in [0.25, 0.3) is 0 Å². The van der Waals surface area contributed by atoms with Crippen LogP contribution < -0.4 is 4.90 Å². The number of fused-ring (bicyclic) bond motifs is 5. The number of carbonyl (C=O) groups is 1. The first-order valence-corrected chi connectivity index (χ1v) is 16.5. The summed E-state index contributed by atoms with van der Waals surface area (Å²) in [5, 5.41) is 0. The molecule has 0 spiro atoms. The Kier molecular flexibility index (Phi) is 6.43. The van der Waals surface area contributed by atoms with Crippen molar-refractivity contribution in [3.8, 4) is 11.1 Å². The Morgan fingerprint density at radius 1 is 0.733 bits per heavy atom. The summed E-state index contributed by atoms with van der Waals surface area (Å²) >= 11 is 0. The van der Waals surface area contributed by atoms with E-state index in [1.165, 1.54) is 61.4 Å². The van der Waals surface area contributed by atoms with E-state index in [9.17, 15) is 4.79 Å². The van der Waals surface area contributed by atoms with Gasteiger partial charge >= 0.3 is 0 Å². The molecule has 45 heavy (non-hydrogen) atoms. The summed E-state index contributed by atoms with van der Waals surface area (Å²) in [5.74, 6) is -0.0170. The van der Waals surface area contributed by atoms with Crippen LogP contribution in [0.25, 0.3) is 22.3 Å². The number of rotatable bonds is 5. The zero-order chi connectivity index (χ0) is 30.9. The van der Waals surface area contributed by atoms with Gasteiger partial charge in [-0.1, -0.05) is 124 Å². The first kappa shape index (κ1) is 28.1. The SMILES string of the molecule is CC1(C)C2=C(C=CC(C=O)C2)c2cc3c(cc21)-c1ccc(N(C2C=CC(c4ccccc4)=CC2)[C@H]2C=CC=CC2)cc1C3(C)C. The van der Waals surface area contributed by atoms with E-state index in [4.69, 9.17) is 0 Å². The first-order valence-electron chi connectivity index (χ1n) is 16.5. The Hall–Kier alpha value is -4.43. The van der Waals surface area contributed by atoms with Gasteiger partial charge in [0.15, 0.2) is 0 Å². The summed E-state index contributed by atoms with van der Waals surface area (Å²) in [6.07, 6.45) is 24.4. The number of aldehydes is 1. The van der Waals surface area contributed by atoms with E-state index in [1.807, 2.05) is 0 Å². The van der Waals surface area contributed by atoms with Gasteiger partial charge in [0.2, 0.25) is 0 Å². The molecular formula is C43H41NO. The summed E-state index contributed by atoms with van der Waals surface area (Å²) in [6, 6.07) is 23.5. The van der Waals surface area contributed by atoms with Crippen molar-refractivity contribution < 1.29 is 4.79 Å². The van der Waals surface area contributed by atoms with Crippen LogP contribution in [0.3, 0.4) is 0 Å². The van der Waals surface area contributed by atoms with Gasteiger partial charge in [-0.2, -0.15) is 0 Å². The second-order valence-corrected chi connectivity index (χ2v) is 14.4. The fraction of sp³-hybridized carbons (Fsp3) is 0.279. The summed E-state index contributed by atoms with van der Waals surface area (Å²) in [5.41, 5.74) is 14.7. The maximum absolute atomic E-state index is 11.7. The molecule has 3 aromatic rings. The molecule has 0 radical (unpaired) electrons. The lowest BCUT2D eigenvalue weighted by Crippen LogP contribution is -2.42. The minimum atomic E-state index is -0.121. The van der Waals surface area contributed by atoms with Crippen molar-refractivity contribution in [1.29, 1.82) is 0 Å². The molecule has 0 heterocycles. The molecule has 8 rings (SSSR count). The fourth-order valence-corrected chi connectivity index (χ4v) is 8.57. The van der Waals surface area contributed by atoms with Crippen LogP contribution in [0.4, 0.5) is 5.69 Å². The summed E-state index contributed by atoms with van der Waals surface area (Å²) < 4.78 is 0. The Labute approximate surface area is 267 Å². The molecule has 0 saturated heterocycles.